The predicted molar refractivity (Wildman–Crippen MR) is 65.2 cm³/mol. The molecule has 0 radical (unpaired) electrons. The van der Waals surface area contributed by atoms with Crippen molar-refractivity contribution in [2.75, 3.05) is 11.9 Å². The van der Waals surface area contributed by atoms with Crippen LogP contribution in [0.15, 0.2) is 12.4 Å². The number of hydrogen-bond donors (Lipinski definition) is 1. The Morgan fingerprint density at radius 3 is 2.64 bits per heavy atom. The number of aromatic nitrogens is 2. The van der Waals surface area contributed by atoms with E-state index in [1.165, 1.54) is 19.3 Å². The van der Waals surface area contributed by atoms with Gasteiger partial charge in [-0.15, -0.1) is 0 Å². The minimum Gasteiger partial charge on any atom is -0.354 e. The van der Waals surface area contributed by atoms with Crippen LogP contribution < -0.4 is 5.32 Å². The molecule has 4 heteroatoms. The van der Waals surface area contributed by atoms with Gasteiger partial charge in [-0.05, 0) is 47.3 Å². The molecule has 0 atom stereocenters. The number of halogens is 1. The standard InChI is InChI=1S/C10H14IN3/c1-10(2-3-10)4-5-12-9-13-6-8(11)7-14-9/h6-7H,2-5H2,1H3,(H,12,13,14). The van der Waals surface area contributed by atoms with Crippen LogP contribution in [0.5, 0.6) is 0 Å². The summed E-state index contributed by atoms with van der Waals surface area (Å²) in [6, 6.07) is 0. The van der Waals surface area contributed by atoms with Gasteiger partial charge in [-0.1, -0.05) is 6.92 Å². The first-order valence-corrected chi connectivity index (χ1v) is 5.97. The fraction of sp³-hybridized carbons (Fsp3) is 0.600. The zero-order valence-electron chi connectivity index (χ0n) is 8.26. The summed E-state index contributed by atoms with van der Waals surface area (Å²) in [4.78, 5) is 8.38. The first kappa shape index (κ1) is 10.1. The van der Waals surface area contributed by atoms with Crippen LogP contribution in [0.25, 0.3) is 0 Å². The fourth-order valence-electron chi connectivity index (χ4n) is 1.34. The van der Waals surface area contributed by atoms with E-state index in [1.54, 1.807) is 0 Å². The van der Waals surface area contributed by atoms with E-state index >= 15 is 0 Å². The molecule has 1 fully saturated rings. The molecule has 0 bridgehead atoms. The van der Waals surface area contributed by atoms with Gasteiger partial charge < -0.3 is 5.32 Å². The highest BCUT2D eigenvalue weighted by atomic mass is 127. The van der Waals surface area contributed by atoms with E-state index < -0.39 is 0 Å². The zero-order valence-corrected chi connectivity index (χ0v) is 10.4. The van der Waals surface area contributed by atoms with Gasteiger partial charge in [0, 0.05) is 22.5 Å². The molecule has 1 heterocycles. The molecule has 0 aromatic carbocycles. The monoisotopic (exact) mass is 303 g/mol. The zero-order chi connectivity index (χ0) is 10.0. The summed E-state index contributed by atoms with van der Waals surface area (Å²) in [5.74, 6) is 0.745. The highest BCUT2D eigenvalue weighted by molar-refractivity contribution is 14.1. The van der Waals surface area contributed by atoms with Gasteiger partial charge in [0.25, 0.3) is 0 Å². The van der Waals surface area contributed by atoms with Crippen molar-refractivity contribution < 1.29 is 0 Å². The Balaban J connectivity index is 1.77. The molecule has 1 aliphatic rings. The molecule has 1 aliphatic carbocycles. The molecule has 1 aromatic heterocycles. The number of hydrogen-bond acceptors (Lipinski definition) is 3. The Kier molecular flexibility index (Phi) is 2.90. The van der Waals surface area contributed by atoms with Crippen molar-refractivity contribution in [1.82, 2.24) is 9.97 Å². The summed E-state index contributed by atoms with van der Waals surface area (Å²) < 4.78 is 1.07. The lowest BCUT2D eigenvalue weighted by molar-refractivity contribution is 0.535. The molecular formula is C10H14IN3. The van der Waals surface area contributed by atoms with Crippen LogP contribution in [0, 0.1) is 8.99 Å². The number of nitrogens with zero attached hydrogens (tertiary/aromatic N) is 2. The first-order valence-electron chi connectivity index (χ1n) is 4.89. The summed E-state index contributed by atoms with van der Waals surface area (Å²) in [5.41, 5.74) is 0.607. The third-order valence-corrected chi connectivity index (χ3v) is 3.29. The van der Waals surface area contributed by atoms with E-state index in [0.29, 0.717) is 5.41 Å². The van der Waals surface area contributed by atoms with Crippen LogP contribution in [0.1, 0.15) is 26.2 Å². The van der Waals surface area contributed by atoms with Gasteiger partial charge in [0.15, 0.2) is 0 Å². The minimum atomic E-state index is 0.607. The Hall–Kier alpha value is -0.390. The third kappa shape index (κ3) is 2.80. The Labute approximate surface area is 97.9 Å². The van der Waals surface area contributed by atoms with Gasteiger partial charge in [0.1, 0.15) is 0 Å². The maximum Gasteiger partial charge on any atom is 0.222 e. The summed E-state index contributed by atoms with van der Waals surface area (Å²) in [6.07, 6.45) is 7.64. The van der Waals surface area contributed by atoms with Gasteiger partial charge in [0.05, 0.1) is 0 Å². The van der Waals surface area contributed by atoms with Crippen LogP contribution in [0.2, 0.25) is 0 Å². The summed E-state index contributed by atoms with van der Waals surface area (Å²) in [7, 11) is 0. The lowest BCUT2D eigenvalue weighted by Crippen LogP contribution is -2.09. The smallest absolute Gasteiger partial charge is 0.222 e. The van der Waals surface area contributed by atoms with E-state index in [9.17, 15) is 0 Å². The Morgan fingerprint density at radius 2 is 2.07 bits per heavy atom. The summed E-state index contributed by atoms with van der Waals surface area (Å²) in [6.45, 7) is 3.32. The highest BCUT2D eigenvalue weighted by Crippen LogP contribution is 2.47. The average molecular weight is 303 g/mol. The van der Waals surface area contributed by atoms with Crippen LogP contribution >= 0.6 is 22.6 Å². The van der Waals surface area contributed by atoms with Gasteiger partial charge in [-0.2, -0.15) is 0 Å². The quantitative estimate of drug-likeness (QED) is 0.869. The Bertz CT molecular complexity index is 306. The van der Waals surface area contributed by atoms with Crippen LogP contribution in [-0.2, 0) is 0 Å². The lowest BCUT2D eigenvalue weighted by atomic mass is 10.1. The average Bonchev–Trinajstić information content (AvgIpc) is 2.88. The molecule has 0 spiro atoms. The van der Waals surface area contributed by atoms with Gasteiger partial charge in [-0.3, -0.25) is 0 Å². The third-order valence-electron chi connectivity index (χ3n) is 2.74. The molecule has 0 amide bonds. The number of rotatable bonds is 4. The topological polar surface area (TPSA) is 37.8 Å². The fourth-order valence-corrected chi connectivity index (χ4v) is 1.62. The Morgan fingerprint density at radius 1 is 1.43 bits per heavy atom. The lowest BCUT2D eigenvalue weighted by Gasteiger charge is -2.08. The number of nitrogens with one attached hydrogen (secondary N) is 1. The summed E-state index contributed by atoms with van der Waals surface area (Å²) >= 11 is 2.20. The van der Waals surface area contributed by atoms with E-state index in [0.717, 1.165) is 16.1 Å². The largest absolute Gasteiger partial charge is 0.354 e. The van der Waals surface area contributed by atoms with Gasteiger partial charge in [-0.25, -0.2) is 9.97 Å². The minimum absolute atomic E-state index is 0.607. The van der Waals surface area contributed by atoms with Crippen LogP contribution in [0.4, 0.5) is 5.95 Å². The van der Waals surface area contributed by atoms with Crippen LogP contribution in [0.3, 0.4) is 0 Å². The van der Waals surface area contributed by atoms with Crippen molar-refractivity contribution in [3.05, 3.63) is 16.0 Å². The second kappa shape index (κ2) is 4.00. The molecule has 0 unspecified atom stereocenters. The molecule has 0 saturated heterocycles. The van der Waals surface area contributed by atoms with Crippen molar-refractivity contribution in [2.24, 2.45) is 5.41 Å². The second-order valence-electron chi connectivity index (χ2n) is 4.21. The van der Waals surface area contributed by atoms with E-state index in [-0.39, 0.29) is 0 Å². The normalized spacial score (nSPS) is 17.9. The van der Waals surface area contributed by atoms with Crippen molar-refractivity contribution in [1.29, 1.82) is 0 Å². The SMILES string of the molecule is CC1(CCNc2ncc(I)cn2)CC1. The predicted octanol–water partition coefficient (Wildman–Crippen LogP) is 2.68. The first-order chi connectivity index (χ1) is 6.68. The molecule has 76 valence electrons. The van der Waals surface area contributed by atoms with Crippen molar-refractivity contribution in [2.45, 2.75) is 26.2 Å². The molecule has 3 nitrogen and oxygen atoms in total. The van der Waals surface area contributed by atoms with Crippen LogP contribution in [-0.4, -0.2) is 16.5 Å². The summed E-state index contributed by atoms with van der Waals surface area (Å²) in [5, 5.41) is 3.24. The van der Waals surface area contributed by atoms with Crippen molar-refractivity contribution in [3.63, 3.8) is 0 Å². The van der Waals surface area contributed by atoms with Gasteiger partial charge >= 0.3 is 0 Å². The maximum absolute atomic E-state index is 4.19. The maximum atomic E-state index is 4.19. The molecule has 0 aliphatic heterocycles. The molecular weight excluding hydrogens is 289 g/mol. The molecule has 14 heavy (non-hydrogen) atoms. The van der Waals surface area contributed by atoms with Crippen molar-refractivity contribution in [3.8, 4) is 0 Å². The van der Waals surface area contributed by atoms with E-state index in [2.05, 4.69) is 44.8 Å². The second-order valence-corrected chi connectivity index (χ2v) is 5.46. The molecule has 2 rings (SSSR count). The molecule has 1 aromatic rings. The molecule has 1 saturated carbocycles. The van der Waals surface area contributed by atoms with Crippen molar-refractivity contribution >= 4 is 28.5 Å². The number of anilines is 1. The van der Waals surface area contributed by atoms with E-state index in [1.807, 2.05) is 12.4 Å². The highest BCUT2D eigenvalue weighted by Gasteiger charge is 2.36. The van der Waals surface area contributed by atoms with E-state index in [4.69, 9.17) is 0 Å². The molecule has 1 N–H and O–H groups in total. The van der Waals surface area contributed by atoms with Gasteiger partial charge in [0.2, 0.25) is 5.95 Å².